The van der Waals surface area contributed by atoms with Crippen molar-refractivity contribution in [3.63, 3.8) is 0 Å². The summed E-state index contributed by atoms with van der Waals surface area (Å²) in [4.78, 5) is 43.1. The van der Waals surface area contributed by atoms with Crippen LogP contribution in [0.3, 0.4) is 0 Å². The fourth-order valence-electron chi connectivity index (χ4n) is 4.50. The van der Waals surface area contributed by atoms with E-state index in [1.807, 2.05) is 4.90 Å². The molecule has 2 amide bonds. The van der Waals surface area contributed by atoms with E-state index in [0.29, 0.717) is 49.2 Å². The molecule has 0 saturated carbocycles. The molecule has 0 aliphatic carbocycles. The second-order valence-electron chi connectivity index (χ2n) is 8.74. The number of hydrogen-bond donors (Lipinski definition) is 1. The van der Waals surface area contributed by atoms with Crippen molar-refractivity contribution in [3.8, 4) is 0 Å². The normalized spacial score (nSPS) is 18.5. The molecule has 3 heterocycles. The number of aromatic nitrogens is 2. The van der Waals surface area contributed by atoms with Gasteiger partial charge in [0.1, 0.15) is 17.7 Å². The van der Waals surface area contributed by atoms with Crippen molar-refractivity contribution in [2.75, 3.05) is 42.6 Å². The Bertz CT molecular complexity index is 1080. The first-order valence-electron chi connectivity index (χ1n) is 11.8. The standard InChI is InChI=1S/C24H30FN5O5/c1-3-34-23(32)29-11-8-26-22(29)12-17-6-9-28(10-7-17)21-5-4-18(13-20(21)25)30-15-19(35-24(30)33)14-27-16(2)31/h4-5,8,11,13,17,19H,3,6-7,9-10,12,14-15H2,1-2H3,(H,27,31). The van der Waals surface area contributed by atoms with Gasteiger partial charge in [-0.2, -0.15) is 0 Å². The Balaban J connectivity index is 1.34. The molecular weight excluding hydrogens is 457 g/mol. The molecule has 10 nitrogen and oxygen atoms in total. The summed E-state index contributed by atoms with van der Waals surface area (Å²) in [5.41, 5.74) is 0.907. The minimum Gasteiger partial charge on any atom is -0.449 e. The maximum Gasteiger partial charge on any atom is 0.419 e. The number of amides is 2. The average Bonchev–Trinajstić information content (AvgIpc) is 3.45. The molecule has 2 aliphatic heterocycles. The largest absolute Gasteiger partial charge is 0.449 e. The predicted molar refractivity (Wildman–Crippen MR) is 126 cm³/mol. The first kappa shape index (κ1) is 24.5. The van der Waals surface area contributed by atoms with Crippen molar-refractivity contribution >= 4 is 29.5 Å². The molecule has 4 rings (SSSR count). The Labute approximate surface area is 203 Å². The molecule has 35 heavy (non-hydrogen) atoms. The van der Waals surface area contributed by atoms with Crippen LogP contribution in [0.2, 0.25) is 0 Å². The first-order valence-corrected chi connectivity index (χ1v) is 11.8. The third-order valence-electron chi connectivity index (χ3n) is 6.30. The van der Waals surface area contributed by atoms with Crippen LogP contribution in [-0.2, 0) is 20.7 Å². The van der Waals surface area contributed by atoms with Gasteiger partial charge < -0.3 is 19.7 Å². The van der Waals surface area contributed by atoms with Crippen LogP contribution in [0.5, 0.6) is 0 Å². The number of carbonyl (C=O) groups excluding carboxylic acids is 3. The summed E-state index contributed by atoms with van der Waals surface area (Å²) in [6.07, 6.45) is 4.05. The Kier molecular flexibility index (Phi) is 7.52. The molecule has 2 aliphatic rings. The van der Waals surface area contributed by atoms with Gasteiger partial charge in [-0.15, -0.1) is 0 Å². The van der Waals surface area contributed by atoms with Gasteiger partial charge in [0, 0.05) is 38.8 Å². The zero-order valence-corrected chi connectivity index (χ0v) is 19.9. The van der Waals surface area contributed by atoms with E-state index in [1.54, 1.807) is 31.5 Å². The van der Waals surface area contributed by atoms with Crippen molar-refractivity contribution < 1.29 is 28.2 Å². The summed E-state index contributed by atoms with van der Waals surface area (Å²) in [5, 5.41) is 2.62. The van der Waals surface area contributed by atoms with Gasteiger partial charge in [0.15, 0.2) is 0 Å². The average molecular weight is 488 g/mol. The number of halogens is 1. The molecule has 1 aromatic heterocycles. The Morgan fingerprint density at radius 2 is 2.06 bits per heavy atom. The minimum absolute atomic E-state index is 0.206. The second kappa shape index (κ2) is 10.7. The van der Waals surface area contributed by atoms with E-state index >= 15 is 4.39 Å². The number of ether oxygens (including phenoxy) is 2. The number of benzene rings is 1. The van der Waals surface area contributed by atoms with E-state index in [-0.39, 0.29) is 19.0 Å². The second-order valence-corrected chi connectivity index (χ2v) is 8.74. The van der Waals surface area contributed by atoms with E-state index in [1.165, 1.54) is 22.5 Å². The zero-order valence-electron chi connectivity index (χ0n) is 19.9. The summed E-state index contributed by atoms with van der Waals surface area (Å²) < 4.78 is 26.8. The van der Waals surface area contributed by atoms with Gasteiger partial charge in [-0.1, -0.05) is 0 Å². The number of anilines is 2. The highest BCUT2D eigenvalue weighted by atomic mass is 19.1. The van der Waals surface area contributed by atoms with Crippen LogP contribution in [0.4, 0.5) is 25.4 Å². The Morgan fingerprint density at radius 1 is 1.29 bits per heavy atom. The van der Waals surface area contributed by atoms with E-state index in [9.17, 15) is 14.4 Å². The van der Waals surface area contributed by atoms with E-state index in [4.69, 9.17) is 9.47 Å². The summed E-state index contributed by atoms with van der Waals surface area (Å²) >= 11 is 0. The number of nitrogens with zero attached hydrogens (tertiary/aromatic N) is 4. The first-order chi connectivity index (χ1) is 16.9. The van der Waals surface area contributed by atoms with Crippen LogP contribution in [0, 0.1) is 11.7 Å². The van der Waals surface area contributed by atoms with Crippen LogP contribution < -0.4 is 15.1 Å². The number of nitrogens with one attached hydrogen (secondary N) is 1. The lowest BCUT2D eigenvalue weighted by Crippen LogP contribution is -2.35. The highest BCUT2D eigenvalue weighted by molar-refractivity contribution is 5.90. The summed E-state index contributed by atoms with van der Waals surface area (Å²) in [5.74, 6) is 0.385. The van der Waals surface area contributed by atoms with Crippen LogP contribution in [0.1, 0.15) is 32.5 Å². The SMILES string of the molecule is CCOC(=O)n1ccnc1CC1CCN(c2ccc(N3CC(CNC(C)=O)OC3=O)cc2F)CC1. The number of cyclic esters (lactones) is 1. The van der Waals surface area contributed by atoms with Crippen molar-refractivity contribution in [2.45, 2.75) is 39.2 Å². The van der Waals surface area contributed by atoms with E-state index in [0.717, 1.165) is 12.8 Å². The molecule has 2 aromatic rings. The van der Waals surface area contributed by atoms with Crippen LogP contribution >= 0.6 is 0 Å². The fraction of sp³-hybridized carbons (Fsp3) is 0.500. The fourth-order valence-corrected chi connectivity index (χ4v) is 4.50. The summed E-state index contributed by atoms with van der Waals surface area (Å²) in [6, 6.07) is 4.75. The Morgan fingerprint density at radius 3 is 2.74 bits per heavy atom. The van der Waals surface area contributed by atoms with Gasteiger partial charge in [0.2, 0.25) is 5.91 Å². The smallest absolute Gasteiger partial charge is 0.419 e. The lowest BCUT2D eigenvalue weighted by atomic mass is 9.93. The van der Waals surface area contributed by atoms with Gasteiger partial charge in [-0.3, -0.25) is 9.69 Å². The van der Waals surface area contributed by atoms with Gasteiger partial charge >= 0.3 is 12.2 Å². The number of rotatable bonds is 7. The topological polar surface area (TPSA) is 106 Å². The lowest BCUT2D eigenvalue weighted by molar-refractivity contribution is -0.119. The maximum absolute atomic E-state index is 15.0. The maximum atomic E-state index is 15.0. The third-order valence-corrected chi connectivity index (χ3v) is 6.30. The van der Waals surface area contributed by atoms with Crippen molar-refractivity contribution in [1.82, 2.24) is 14.9 Å². The highest BCUT2D eigenvalue weighted by Crippen LogP contribution is 2.31. The summed E-state index contributed by atoms with van der Waals surface area (Å²) in [7, 11) is 0. The lowest BCUT2D eigenvalue weighted by Gasteiger charge is -2.34. The number of carbonyl (C=O) groups is 3. The molecule has 0 spiro atoms. The van der Waals surface area contributed by atoms with Crippen molar-refractivity contribution in [3.05, 3.63) is 42.2 Å². The van der Waals surface area contributed by atoms with Crippen LogP contribution in [0.15, 0.2) is 30.6 Å². The molecule has 1 atom stereocenters. The minimum atomic E-state index is -0.561. The molecule has 2 fully saturated rings. The quantitative estimate of drug-likeness (QED) is 0.640. The van der Waals surface area contributed by atoms with Crippen LogP contribution in [0.25, 0.3) is 0 Å². The number of imidazole rings is 1. The predicted octanol–water partition coefficient (Wildman–Crippen LogP) is 2.95. The van der Waals surface area contributed by atoms with Gasteiger partial charge in [-0.25, -0.2) is 23.5 Å². The molecule has 0 radical (unpaired) electrons. The molecule has 188 valence electrons. The Hall–Kier alpha value is -3.63. The molecule has 0 bridgehead atoms. The summed E-state index contributed by atoms with van der Waals surface area (Å²) in [6.45, 7) is 5.26. The highest BCUT2D eigenvalue weighted by Gasteiger charge is 2.33. The molecule has 2 saturated heterocycles. The van der Waals surface area contributed by atoms with Crippen LogP contribution in [-0.4, -0.2) is 66.5 Å². The molecule has 11 heteroatoms. The molecular formula is C24H30FN5O5. The van der Waals surface area contributed by atoms with Gasteiger partial charge in [-0.05, 0) is 43.9 Å². The van der Waals surface area contributed by atoms with Crippen molar-refractivity contribution in [2.24, 2.45) is 5.92 Å². The van der Waals surface area contributed by atoms with Crippen molar-refractivity contribution in [1.29, 1.82) is 0 Å². The van der Waals surface area contributed by atoms with Gasteiger partial charge in [0.25, 0.3) is 0 Å². The van der Waals surface area contributed by atoms with E-state index in [2.05, 4.69) is 10.3 Å². The molecule has 1 N–H and O–H groups in total. The molecule has 1 aromatic carbocycles. The number of piperidine rings is 1. The zero-order chi connectivity index (χ0) is 24.9. The molecule has 1 unspecified atom stereocenters. The number of hydrogen-bond acceptors (Lipinski definition) is 7. The van der Waals surface area contributed by atoms with Gasteiger partial charge in [0.05, 0.1) is 31.1 Å². The third kappa shape index (κ3) is 5.72. The van der Waals surface area contributed by atoms with E-state index < -0.39 is 24.1 Å². The monoisotopic (exact) mass is 487 g/mol.